The number of carbonyl (C=O) groups is 1. The van der Waals surface area contributed by atoms with Crippen LogP contribution >= 0.6 is 0 Å². The van der Waals surface area contributed by atoms with Crippen molar-refractivity contribution >= 4 is 5.91 Å². The number of ether oxygens (including phenoxy) is 6. The minimum absolute atomic E-state index is 0.243. The molecule has 3 rings (SSSR count). The molecule has 0 aromatic carbocycles. The molecule has 12 N–H and O–H groups in total. The highest BCUT2D eigenvalue weighted by Gasteiger charge is 2.53. The summed E-state index contributed by atoms with van der Waals surface area (Å²) in [6.45, 7) is 1.78. The van der Waals surface area contributed by atoms with Crippen LogP contribution < -0.4 is 5.32 Å². The number of unbranched alkanes of at least 4 members (excludes halogenated alkanes) is 31. The van der Waals surface area contributed by atoms with E-state index < -0.39 is 124 Å². The molecule has 0 aromatic heterocycles. The normalized spacial score (nSPS) is 28.8. The zero-order valence-electron chi connectivity index (χ0n) is 53.8. The van der Waals surface area contributed by atoms with Crippen LogP contribution in [0.3, 0.4) is 0 Å². The summed E-state index contributed by atoms with van der Waals surface area (Å²) in [7, 11) is 0. The Morgan fingerprint density at radius 3 is 1.18 bits per heavy atom. The van der Waals surface area contributed by atoms with Crippen LogP contribution in [0.2, 0.25) is 0 Å². The molecule has 19 nitrogen and oxygen atoms in total. The summed E-state index contributed by atoms with van der Waals surface area (Å²) in [4.78, 5) is 13.4. The average Bonchev–Trinajstić information content (AvgIpc) is 3.71. The van der Waals surface area contributed by atoms with Crippen LogP contribution in [0.5, 0.6) is 0 Å². The molecule has 0 saturated carbocycles. The van der Waals surface area contributed by atoms with Crippen molar-refractivity contribution in [1.82, 2.24) is 5.32 Å². The molecule has 0 radical (unpaired) electrons. The Labute approximate surface area is 523 Å². The first-order chi connectivity index (χ1) is 42.3. The van der Waals surface area contributed by atoms with Gasteiger partial charge in [-0.15, -0.1) is 0 Å². The van der Waals surface area contributed by atoms with Crippen molar-refractivity contribution in [2.45, 2.75) is 362 Å². The van der Waals surface area contributed by atoms with E-state index >= 15 is 0 Å². The van der Waals surface area contributed by atoms with E-state index in [0.29, 0.717) is 12.8 Å². The second kappa shape index (κ2) is 50.6. The van der Waals surface area contributed by atoms with E-state index in [1.54, 1.807) is 0 Å². The van der Waals surface area contributed by atoms with Crippen LogP contribution in [0, 0.1) is 0 Å². The SMILES string of the molecule is CCCCCCC/C=C\C/C=C\C/C=C\CCCCCCCCCCCCCCCCCCC(=O)NC(COC1OC(CO)C(OC2OC(CO)C(OC3OC(CO)C(O)C(O)C3O)C(O)C2O)C(O)C1O)C(O)CCCCCCCCCCCCC. The Hall–Kier alpha value is -1.99. The summed E-state index contributed by atoms with van der Waals surface area (Å²) >= 11 is 0. The van der Waals surface area contributed by atoms with Gasteiger partial charge in [-0.2, -0.15) is 0 Å². The number of hydrogen-bond acceptors (Lipinski definition) is 18. The van der Waals surface area contributed by atoms with Gasteiger partial charge >= 0.3 is 0 Å². The second-order valence-corrected chi connectivity index (χ2v) is 25.0. The van der Waals surface area contributed by atoms with Gasteiger partial charge in [-0.05, 0) is 51.4 Å². The minimum Gasteiger partial charge on any atom is -0.394 e. The van der Waals surface area contributed by atoms with E-state index in [-0.39, 0.29) is 18.9 Å². The first kappa shape index (κ1) is 79.2. The molecule has 0 spiro atoms. The third kappa shape index (κ3) is 32.9. The van der Waals surface area contributed by atoms with Crippen LogP contribution in [0.15, 0.2) is 36.5 Å². The molecule has 0 aromatic rings. The first-order valence-corrected chi connectivity index (χ1v) is 34.7. The predicted octanol–water partition coefficient (Wildman–Crippen LogP) is 8.83. The quantitative estimate of drug-likeness (QED) is 0.0200. The van der Waals surface area contributed by atoms with Gasteiger partial charge in [0.1, 0.15) is 73.2 Å². The highest BCUT2D eigenvalue weighted by molar-refractivity contribution is 5.76. The van der Waals surface area contributed by atoms with Gasteiger partial charge in [0.2, 0.25) is 5.91 Å². The van der Waals surface area contributed by atoms with E-state index in [9.17, 15) is 61.0 Å². The highest BCUT2D eigenvalue weighted by atomic mass is 16.8. The molecule has 3 aliphatic heterocycles. The Balaban J connectivity index is 1.35. The second-order valence-electron chi connectivity index (χ2n) is 25.0. The van der Waals surface area contributed by atoms with Gasteiger partial charge in [0.25, 0.3) is 0 Å². The molecule has 3 aliphatic rings. The standard InChI is InChI=1S/C68H125NO18/c1-3-5-7-9-11-13-15-16-17-18-19-20-21-22-23-24-25-26-27-28-29-30-31-32-33-34-36-38-40-42-44-46-56(74)69-51(52(73)45-43-41-39-37-35-14-12-10-8-6-4-2)50-82-66-62(80)59(77)64(54(48-71)84-66)87-68-63(81)60(78)65(55(49-72)85-68)86-67-61(79)58(76)57(75)53(47-70)83-67/h15-16,18-19,21-22,51-55,57-68,70-73,75-81H,3-14,17,20,23-50H2,1-2H3,(H,69,74)/b16-15-,19-18-,22-21-. The molecule has 3 heterocycles. The Morgan fingerprint density at radius 1 is 0.414 bits per heavy atom. The van der Waals surface area contributed by atoms with Crippen molar-refractivity contribution in [3.05, 3.63) is 36.5 Å². The van der Waals surface area contributed by atoms with Crippen molar-refractivity contribution in [2.24, 2.45) is 0 Å². The van der Waals surface area contributed by atoms with Crippen molar-refractivity contribution in [3.63, 3.8) is 0 Å². The summed E-state index contributed by atoms with van der Waals surface area (Å²) in [5.74, 6) is -0.243. The lowest BCUT2D eigenvalue weighted by molar-refractivity contribution is -0.379. The number of allylic oxidation sites excluding steroid dienone is 6. The van der Waals surface area contributed by atoms with Gasteiger partial charge in [-0.1, -0.05) is 237 Å². The van der Waals surface area contributed by atoms with Gasteiger partial charge in [-0.25, -0.2) is 0 Å². The third-order valence-corrected chi connectivity index (χ3v) is 17.5. The minimum atomic E-state index is -1.97. The third-order valence-electron chi connectivity index (χ3n) is 17.5. The van der Waals surface area contributed by atoms with Crippen LogP contribution in [-0.2, 0) is 33.2 Å². The first-order valence-electron chi connectivity index (χ1n) is 34.7. The maximum atomic E-state index is 13.4. The number of amides is 1. The highest BCUT2D eigenvalue weighted by Crippen LogP contribution is 2.33. The monoisotopic (exact) mass is 1240 g/mol. The van der Waals surface area contributed by atoms with Crippen molar-refractivity contribution in [2.75, 3.05) is 26.4 Å². The van der Waals surface area contributed by atoms with E-state index in [1.165, 1.54) is 167 Å². The smallest absolute Gasteiger partial charge is 0.220 e. The fourth-order valence-electron chi connectivity index (χ4n) is 11.8. The maximum Gasteiger partial charge on any atom is 0.220 e. The van der Waals surface area contributed by atoms with Crippen LogP contribution in [0.1, 0.15) is 258 Å². The van der Waals surface area contributed by atoms with E-state index in [0.717, 1.165) is 57.8 Å². The Morgan fingerprint density at radius 2 is 0.759 bits per heavy atom. The Bertz CT molecular complexity index is 1720. The van der Waals surface area contributed by atoms with E-state index in [2.05, 4.69) is 55.6 Å². The number of rotatable bonds is 53. The summed E-state index contributed by atoms with van der Waals surface area (Å²) in [5.41, 5.74) is 0. The van der Waals surface area contributed by atoms with Crippen LogP contribution in [-0.4, -0.2) is 193 Å². The fraction of sp³-hybridized carbons (Fsp3) is 0.897. The molecule has 3 fully saturated rings. The molecule has 3 saturated heterocycles. The molecular formula is C68H125NO18. The molecule has 17 unspecified atom stereocenters. The fourth-order valence-corrected chi connectivity index (χ4v) is 11.8. The van der Waals surface area contributed by atoms with Gasteiger partial charge in [0.15, 0.2) is 18.9 Å². The molecule has 87 heavy (non-hydrogen) atoms. The lowest BCUT2D eigenvalue weighted by Gasteiger charge is -2.48. The molecule has 0 aliphatic carbocycles. The van der Waals surface area contributed by atoms with Gasteiger partial charge in [-0.3, -0.25) is 4.79 Å². The van der Waals surface area contributed by atoms with Crippen molar-refractivity contribution in [1.29, 1.82) is 0 Å². The van der Waals surface area contributed by atoms with Crippen LogP contribution in [0.4, 0.5) is 0 Å². The molecule has 0 bridgehead atoms. The predicted molar refractivity (Wildman–Crippen MR) is 337 cm³/mol. The molecule has 19 heteroatoms. The van der Waals surface area contributed by atoms with Crippen LogP contribution in [0.25, 0.3) is 0 Å². The largest absolute Gasteiger partial charge is 0.394 e. The number of nitrogens with one attached hydrogen (secondary N) is 1. The number of aliphatic hydroxyl groups is 11. The van der Waals surface area contributed by atoms with Gasteiger partial charge < -0.3 is 89.9 Å². The lowest BCUT2D eigenvalue weighted by atomic mass is 9.96. The molecule has 17 atom stereocenters. The topological polar surface area (TPSA) is 307 Å². The zero-order valence-corrected chi connectivity index (χ0v) is 53.8. The number of aliphatic hydroxyl groups excluding tert-OH is 11. The van der Waals surface area contributed by atoms with Crippen molar-refractivity contribution < 1.29 is 89.4 Å². The van der Waals surface area contributed by atoms with Gasteiger partial charge in [0.05, 0.1) is 38.6 Å². The van der Waals surface area contributed by atoms with Gasteiger partial charge in [0, 0.05) is 6.42 Å². The summed E-state index contributed by atoms with van der Waals surface area (Å²) in [6, 6.07) is -0.885. The summed E-state index contributed by atoms with van der Waals surface area (Å²) in [5, 5.41) is 120. The van der Waals surface area contributed by atoms with E-state index in [1.807, 2.05) is 0 Å². The molecule has 510 valence electrons. The summed E-state index contributed by atoms with van der Waals surface area (Å²) < 4.78 is 34.3. The molecular weight excluding hydrogens is 1120 g/mol. The average molecular weight is 1240 g/mol. The maximum absolute atomic E-state index is 13.4. The lowest BCUT2D eigenvalue weighted by Crippen LogP contribution is -2.66. The van der Waals surface area contributed by atoms with Crippen molar-refractivity contribution in [3.8, 4) is 0 Å². The summed E-state index contributed by atoms with van der Waals surface area (Å²) in [6.07, 6.45) is 31.0. The zero-order chi connectivity index (χ0) is 63.3. The number of carbonyl (C=O) groups excluding carboxylic acids is 1. The van der Waals surface area contributed by atoms with E-state index in [4.69, 9.17) is 28.4 Å². The Kier molecular flexibility index (Phi) is 46.0. The number of hydrogen-bond donors (Lipinski definition) is 12. The molecule has 1 amide bonds.